The molecule has 1 saturated heterocycles. The molecular formula is C20H26N6O2. The average Bonchev–Trinajstić information content (AvgIpc) is 3.38. The number of nitrogens with one attached hydrogen (secondary N) is 1. The number of methoxy groups -OCH3 is 1. The zero-order valence-corrected chi connectivity index (χ0v) is 16.3. The van der Waals surface area contributed by atoms with E-state index in [0.717, 1.165) is 29.7 Å². The van der Waals surface area contributed by atoms with Crippen LogP contribution in [0.5, 0.6) is 0 Å². The lowest BCUT2D eigenvalue weighted by Crippen LogP contribution is -2.33. The van der Waals surface area contributed by atoms with E-state index in [1.807, 2.05) is 53.4 Å². The van der Waals surface area contributed by atoms with Crippen LogP contribution < -0.4 is 5.32 Å². The summed E-state index contributed by atoms with van der Waals surface area (Å²) in [5.74, 6) is 0.365. The highest BCUT2D eigenvalue weighted by atomic mass is 16.5. The van der Waals surface area contributed by atoms with Crippen LogP contribution in [0.4, 0.5) is 0 Å². The van der Waals surface area contributed by atoms with Crippen molar-refractivity contribution in [1.29, 1.82) is 0 Å². The van der Waals surface area contributed by atoms with Crippen LogP contribution in [0.2, 0.25) is 0 Å². The lowest BCUT2D eigenvalue weighted by atomic mass is 9.95. The first kappa shape index (κ1) is 18.6. The number of aryl methyl sites for hydroxylation is 1. The normalized spacial score (nSPS) is 19.8. The number of hydrogen-bond acceptors (Lipinski definition) is 5. The van der Waals surface area contributed by atoms with E-state index in [9.17, 15) is 4.79 Å². The summed E-state index contributed by atoms with van der Waals surface area (Å²) in [5, 5.41) is 12.2. The van der Waals surface area contributed by atoms with Crippen molar-refractivity contribution < 1.29 is 9.53 Å². The topological polar surface area (TPSA) is 76.7 Å². The van der Waals surface area contributed by atoms with Gasteiger partial charge in [-0.05, 0) is 12.1 Å². The van der Waals surface area contributed by atoms with Gasteiger partial charge in [0.05, 0.1) is 30.6 Å². The number of rotatable bonds is 8. The minimum absolute atomic E-state index is 0.0211. The number of hydrogen-bond donors (Lipinski definition) is 1. The molecule has 0 unspecified atom stereocenters. The van der Waals surface area contributed by atoms with E-state index in [1.54, 1.807) is 11.8 Å². The summed E-state index contributed by atoms with van der Waals surface area (Å²) in [7, 11) is 3.56. The van der Waals surface area contributed by atoms with Crippen LogP contribution in [0.15, 0.2) is 43.0 Å². The minimum Gasteiger partial charge on any atom is -0.383 e. The van der Waals surface area contributed by atoms with E-state index in [1.165, 1.54) is 0 Å². The number of fused-ring (bicyclic) bond motifs is 1. The smallest absolute Gasteiger partial charge is 0.223 e. The molecule has 1 N–H and O–H groups in total. The summed E-state index contributed by atoms with van der Waals surface area (Å²) in [6.07, 6.45) is 8.24. The van der Waals surface area contributed by atoms with Gasteiger partial charge in [0, 0.05) is 69.7 Å². The van der Waals surface area contributed by atoms with Gasteiger partial charge in [-0.2, -0.15) is 10.2 Å². The van der Waals surface area contributed by atoms with Crippen LogP contribution >= 0.6 is 0 Å². The monoisotopic (exact) mass is 382 g/mol. The van der Waals surface area contributed by atoms with Gasteiger partial charge in [0.2, 0.25) is 5.91 Å². The van der Waals surface area contributed by atoms with E-state index in [-0.39, 0.29) is 17.9 Å². The van der Waals surface area contributed by atoms with Gasteiger partial charge in [-0.1, -0.05) is 6.07 Å². The van der Waals surface area contributed by atoms with Gasteiger partial charge in [-0.25, -0.2) is 4.52 Å². The van der Waals surface area contributed by atoms with E-state index in [0.29, 0.717) is 19.6 Å². The fourth-order valence-corrected chi connectivity index (χ4v) is 4.06. The van der Waals surface area contributed by atoms with E-state index < -0.39 is 0 Å². The first-order valence-electron chi connectivity index (χ1n) is 9.56. The fourth-order valence-electron chi connectivity index (χ4n) is 4.06. The van der Waals surface area contributed by atoms with Gasteiger partial charge in [0.25, 0.3) is 0 Å². The third-order valence-electron chi connectivity index (χ3n) is 5.37. The molecule has 1 amide bonds. The second-order valence-corrected chi connectivity index (χ2v) is 7.27. The van der Waals surface area contributed by atoms with Crippen LogP contribution in [0, 0.1) is 5.92 Å². The van der Waals surface area contributed by atoms with Crippen molar-refractivity contribution in [3.63, 3.8) is 0 Å². The number of ether oxygens (including phenoxy) is 1. The molecule has 1 aliphatic heterocycles. The first-order valence-corrected chi connectivity index (χ1v) is 9.56. The Hall–Kier alpha value is -2.71. The number of carbonyl (C=O) groups is 1. The van der Waals surface area contributed by atoms with E-state index in [2.05, 4.69) is 21.6 Å². The molecule has 3 aromatic rings. The van der Waals surface area contributed by atoms with Crippen LogP contribution in [0.1, 0.15) is 23.6 Å². The molecule has 1 fully saturated rings. The molecular weight excluding hydrogens is 356 g/mol. The molecule has 2 atom stereocenters. The second kappa shape index (κ2) is 8.12. The highest BCUT2D eigenvalue weighted by Gasteiger charge is 2.40. The van der Waals surface area contributed by atoms with Crippen molar-refractivity contribution in [2.24, 2.45) is 13.0 Å². The molecule has 4 rings (SSSR count). The molecule has 3 aromatic heterocycles. The molecule has 0 aliphatic carbocycles. The third kappa shape index (κ3) is 3.65. The Balaban J connectivity index is 1.46. The van der Waals surface area contributed by atoms with Gasteiger partial charge in [-0.15, -0.1) is 0 Å². The van der Waals surface area contributed by atoms with Gasteiger partial charge >= 0.3 is 0 Å². The van der Waals surface area contributed by atoms with E-state index in [4.69, 9.17) is 4.74 Å². The maximum atomic E-state index is 12.6. The molecule has 0 aromatic carbocycles. The van der Waals surface area contributed by atoms with Crippen LogP contribution in [-0.2, 0) is 23.1 Å². The summed E-state index contributed by atoms with van der Waals surface area (Å²) in [6, 6.07) is 6.07. The lowest BCUT2D eigenvalue weighted by Gasteiger charge is -2.27. The molecule has 4 heterocycles. The number of carbonyl (C=O) groups excluding carboxylic acids is 1. The predicted octanol–water partition coefficient (Wildman–Crippen LogP) is 1.39. The highest BCUT2D eigenvalue weighted by Crippen LogP contribution is 2.37. The van der Waals surface area contributed by atoms with Crippen molar-refractivity contribution in [2.75, 3.05) is 26.8 Å². The van der Waals surface area contributed by atoms with Crippen LogP contribution in [0.25, 0.3) is 5.52 Å². The van der Waals surface area contributed by atoms with Crippen molar-refractivity contribution in [3.05, 3.63) is 54.1 Å². The highest BCUT2D eigenvalue weighted by molar-refractivity contribution is 5.79. The van der Waals surface area contributed by atoms with Gasteiger partial charge in [0.15, 0.2) is 0 Å². The Morgan fingerprint density at radius 3 is 2.96 bits per heavy atom. The lowest BCUT2D eigenvalue weighted by molar-refractivity contribution is -0.129. The quantitative estimate of drug-likeness (QED) is 0.637. The molecule has 0 radical (unpaired) electrons. The standard InChI is InChI=1S/C20H26N6O2/c1-24-14-17(13-22-24)20-15(9-19(27)25(20)7-8-28-2)10-21-11-16-12-23-26-6-4-3-5-18(16)26/h3-6,12-15,20-21H,7-11H2,1-2H3/t15-,20+/m0/s1. The Bertz CT molecular complexity index is 949. The summed E-state index contributed by atoms with van der Waals surface area (Å²) in [4.78, 5) is 14.6. The molecule has 0 saturated carbocycles. The molecule has 1 aliphatic rings. The molecule has 0 bridgehead atoms. The summed E-state index contributed by atoms with van der Waals surface area (Å²) in [6.45, 7) is 2.60. The molecule has 28 heavy (non-hydrogen) atoms. The molecule has 8 heteroatoms. The number of likely N-dealkylation sites (tertiary alicyclic amines) is 1. The number of nitrogens with zero attached hydrogens (tertiary/aromatic N) is 5. The number of aromatic nitrogens is 4. The van der Waals surface area contributed by atoms with Gasteiger partial charge in [0.1, 0.15) is 0 Å². The number of amides is 1. The second-order valence-electron chi connectivity index (χ2n) is 7.27. The largest absolute Gasteiger partial charge is 0.383 e. The van der Waals surface area contributed by atoms with Crippen molar-refractivity contribution in [2.45, 2.75) is 19.0 Å². The van der Waals surface area contributed by atoms with Gasteiger partial charge in [-0.3, -0.25) is 9.48 Å². The fraction of sp³-hybridized carbons (Fsp3) is 0.450. The summed E-state index contributed by atoms with van der Waals surface area (Å²) >= 11 is 0. The zero-order valence-electron chi connectivity index (χ0n) is 16.3. The average molecular weight is 382 g/mol. The Morgan fingerprint density at radius 2 is 2.18 bits per heavy atom. The maximum Gasteiger partial charge on any atom is 0.223 e. The van der Waals surface area contributed by atoms with Crippen LogP contribution in [-0.4, -0.2) is 57.0 Å². The van der Waals surface area contributed by atoms with Crippen molar-refractivity contribution >= 4 is 11.4 Å². The van der Waals surface area contributed by atoms with Gasteiger partial charge < -0.3 is 15.0 Å². The SMILES string of the molecule is COCCN1C(=O)C[C@@H](CNCc2cnn3ccccc23)[C@@H]1c1cnn(C)c1. The first-order chi connectivity index (χ1) is 13.7. The Morgan fingerprint density at radius 1 is 1.29 bits per heavy atom. The predicted molar refractivity (Wildman–Crippen MR) is 105 cm³/mol. The van der Waals surface area contributed by atoms with E-state index >= 15 is 0 Å². The summed E-state index contributed by atoms with van der Waals surface area (Å²) < 4.78 is 8.87. The maximum absolute atomic E-state index is 12.6. The van der Waals surface area contributed by atoms with Crippen LogP contribution in [0.3, 0.4) is 0 Å². The van der Waals surface area contributed by atoms with Crippen molar-refractivity contribution in [1.82, 2.24) is 29.6 Å². The molecule has 148 valence electrons. The zero-order chi connectivity index (χ0) is 19.5. The van der Waals surface area contributed by atoms with Crippen molar-refractivity contribution in [3.8, 4) is 0 Å². The third-order valence-corrected chi connectivity index (χ3v) is 5.37. The minimum atomic E-state index is 0.0211. The Labute approximate surface area is 164 Å². The Kier molecular flexibility index (Phi) is 5.40. The number of pyridine rings is 1. The molecule has 0 spiro atoms. The molecule has 8 nitrogen and oxygen atoms in total. The summed E-state index contributed by atoms with van der Waals surface area (Å²) in [5.41, 5.74) is 3.33.